The standard InChI is InChI=1S/C22H22O5S/c1-23-14-8-13-12-27-18-11-15(24-2)10-17(26-4)21(18)22(19-6-5-7-28-19)20(13)16(9-14)25-3/h5-11,22H,12H2,1-4H3. The zero-order valence-electron chi connectivity index (χ0n) is 16.3. The molecule has 0 fully saturated rings. The molecule has 0 aliphatic carbocycles. The van der Waals surface area contributed by atoms with Crippen LogP contribution in [-0.4, -0.2) is 28.4 Å². The van der Waals surface area contributed by atoms with Gasteiger partial charge in [-0.15, -0.1) is 11.3 Å². The van der Waals surface area contributed by atoms with E-state index in [1.54, 1.807) is 39.8 Å². The molecule has 6 heteroatoms. The van der Waals surface area contributed by atoms with Crippen LogP contribution < -0.4 is 23.7 Å². The molecule has 2 aromatic carbocycles. The summed E-state index contributed by atoms with van der Waals surface area (Å²) in [7, 11) is 6.63. The predicted molar refractivity (Wildman–Crippen MR) is 109 cm³/mol. The predicted octanol–water partition coefficient (Wildman–Crippen LogP) is 4.86. The molecule has 0 saturated heterocycles. The molecule has 146 valence electrons. The Morgan fingerprint density at radius 3 is 2.14 bits per heavy atom. The van der Waals surface area contributed by atoms with E-state index in [2.05, 4.69) is 17.5 Å². The van der Waals surface area contributed by atoms with Gasteiger partial charge in [-0.1, -0.05) is 6.07 Å². The van der Waals surface area contributed by atoms with E-state index in [0.717, 1.165) is 39.7 Å². The summed E-state index contributed by atoms with van der Waals surface area (Å²) in [5.41, 5.74) is 3.05. The van der Waals surface area contributed by atoms with Crippen molar-refractivity contribution in [3.63, 3.8) is 0 Å². The molecule has 0 amide bonds. The molecule has 1 aliphatic heterocycles. The van der Waals surface area contributed by atoms with Gasteiger partial charge in [0.15, 0.2) is 0 Å². The monoisotopic (exact) mass is 398 g/mol. The maximum absolute atomic E-state index is 6.22. The van der Waals surface area contributed by atoms with E-state index in [1.165, 1.54) is 4.88 Å². The van der Waals surface area contributed by atoms with Crippen molar-refractivity contribution < 1.29 is 23.7 Å². The number of hydrogen-bond acceptors (Lipinski definition) is 6. The van der Waals surface area contributed by atoms with Crippen LogP contribution in [0.5, 0.6) is 28.7 Å². The van der Waals surface area contributed by atoms with Crippen LogP contribution in [0.25, 0.3) is 0 Å². The first-order valence-electron chi connectivity index (χ1n) is 8.87. The maximum atomic E-state index is 6.22. The highest BCUT2D eigenvalue weighted by Crippen LogP contribution is 2.51. The minimum absolute atomic E-state index is 0.0887. The Kier molecular flexibility index (Phi) is 5.05. The molecule has 1 aliphatic rings. The van der Waals surface area contributed by atoms with Crippen molar-refractivity contribution in [2.75, 3.05) is 28.4 Å². The molecule has 0 bridgehead atoms. The highest BCUT2D eigenvalue weighted by Gasteiger charge is 2.33. The molecule has 0 radical (unpaired) electrons. The van der Waals surface area contributed by atoms with Crippen molar-refractivity contribution in [3.05, 3.63) is 63.3 Å². The van der Waals surface area contributed by atoms with Gasteiger partial charge in [0.05, 0.1) is 34.4 Å². The van der Waals surface area contributed by atoms with Gasteiger partial charge in [-0.3, -0.25) is 0 Å². The number of benzene rings is 2. The van der Waals surface area contributed by atoms with Crippen molar-refractivity contribution >= 4 is 11.3 Å². The lowest BCUT2D eigenvalue weighted by Crippen LogP contribution is -2.08. The summed E-state index contributed by atoms with van der Waals surface area (Å²) in [5.74, 6) is 3.57. The third-order valence-corrected chi connectivity index (χ3v) is 5.92. The highest BCUT2D eigenvalue weighted by molar-refractivity contribution is 7.10. The fourth-order valence-electron chi connectivity index (χ4n) is 3.70. The second kappa shape index (κ2) is 7.64. The van der Waals surface area contributed by atoms with Crippen LogP contribution in [0.2, 0.25) is 0 Å². The number of methoxy groups -OCH3 is 4. The summed E-state index contributed by atoms with van der Waals surface area (Å²) in [5, 5.41) is 2.08. The first kappa shape index (κ1) is 18.5. The molecule has 5 nitrogen and oxygen atoms in total. The topological polar surface area (TPSA) is 46.2 Å². The van der Waals surface area contributed by atoms with Gasteiger partial charge < -0.3 is 23.7 Å². The normalized spacial score (nSPS) is 14.9. The van der Waals surface area contributed by atoms with E-state index in [9.17, 15) is 0 Å². The largest absolute Gasteiger partial charge is 0.497 e. The second-order valence-corrected chi connectivity index (χ2v) is 7.36. The average molecular weight is 398 g/mol. The summed E-state index contributed by atoms with van der Waals surface area (Å²) in [6.07, 6.45) is 0. The van der Waals surface area contributed by atoms with Crippen molar-refractivity contribution in [3.8, 4) is 28.7 Å². The number of rotatable bonds is 5. The Balaban J connectivity index is 2.04. The van der Waals surface area contributed by atoms with Gasteiger partial charge in [-0.25, -0.2) is 0 Å². The van der Waals surface area contributed by atoms with Crippen molar-refractivity contribution in [1.29, 1.82) is 0 Å². The van der Waals surface area contributed by atoms with E-state index in [1.807, 2.05) is 24.3 Å². The van der Waals surface area contributed by atoms with E-state index < -0.39 is 0 Å². The van der Waals surface area contributed by atoms with Gasteiger partial charge in [0.1, 0.15) is 35.4 Å². The van der Waals surface area contributed by atoms with Crippen LogP contribution >= 0.6 is 11.3 Å². The summed E-state index contributed by atoms with van der Waals surface area (Å²) >= 11 is 1.70. The maximum Gasteiger partial charge on any atom is 0.131 e. The van der Waals surface area contributed by atoms with Gasteiger partial charge in [0, 0.05) is 39.8 Å². The number of fused-ring (bicyclic) bond motifs is 2. The molecular weight excluding hydrogens is 376 g/mol. The molecule has 0 N–H and O–H groups in total. The first-order chi connectivity index (χ1) is 13.7. The average Bonchev–Trinajstić information content (AvgIpc) is 3.21. The lowest BCUT2D eigenvalue weighted by atomic mass is 9.85. The molecule has 3 aromatic rings. The number of thiophene rings is 1. The fraction of sp³-hybridized carbons (Fsp3) is 0.273. The van der Waals surface area contributed by atoms with Crippen molar-refractivity contribution in [1.82, 2.24) is 0 Å². The summed E-state index contributed by atoms with van der Waals surface area (Å²) in [6, 6.07) is 11.9. The minimum Gasteiger partial charge on any atom is -0.497 e. The van der Waals surface area contributed by atoms with Gasteiger partial charge in [-0.05, 0) is 17.5 Å². The van der Waals surface area contributed by atoms with Crippen LogP contribution in [0.3, 0.4) is 0 Å². The lowest BCUT2D eigenvalue weighted by molar-refractivity contribution is 0.299. The molecule has 1 unspecified atom stereocenters. The van der Waals surface area contributed by atoms with Crippen molar-refractivity contribution in [2.45, 2.75) is 12.5 Å². The summed E-state index contributed by atoms with van der Waals surface area (Å²) < 4.78 is 28.7. The molecule has 2 heterocycles. The van der Waals surface area contributed by atoms with Crippen LogP contribution in [0.4, 0.5) is 0 Å². The summed E-state index contributed by atoms with van der Waals surface area (Å²) in [4.78, 5) is 1.18. The first-order valence-corrected chi connectivity index (χ1v) is 9.75. The zero-order valence-corrected chi connectivity index (χ0v) is 17.1. The Morgan fingerprint density at radius 1 is 0.857 bits per heavy atom. The van der Waals surface area contributed by atoms with Crippen LogP contribution in [0.15, 0.2) is 41.8 Å². The fourth-order valence-corrected chi connectivity index (χ4v) is 4.54. The lowest BCUT2D eigenvalue weighted by Gasteiger charge is -2.23. The van der Waals surface area contributed by atoms with Crippen LogP contribution in [-0.2, 0) is 6.61 Å². The van der Waals surface area contributed by atoms with Crippen molar-refractivity contribution in [2.24, 2.45) is 0 Å². The number of hydrogen-bond donors (Lipinski definition) is 0. The second-order valence-electron chi connectivity index (χ2n) is 6.38. The SMILES string of the molecule is COc1cc2c(c(OC)c1)C(c1cccs1)c1c(OC)cc(OC)cc1OC2. The van der Waals surface area contributed by atoms with Gasteiger partial charge in [0.25, 0.3) is 0 Å². The summed E-state index contributed by atoms with van der Waals surface area (Å²) in [6.45, 7) is 0.397. The zero-order chi connectivity index (χ0) is 19.7. The molecule has 1 atom stereocenters. The van der Waals surface area contributed by atoms with Crippen LogP contribution in [0.1, 0.15) is 27.5 Å². The van der Waals surface area contributed by atoms with Gasteiger partial charge in [-0.2, -0.15) is 0 Å². The molecular formula is C22H22O5S. The Hall–Kier alpha value is -2.86. The Bertz CT molecular complexity index is 918. The van der Waals surface area contributed by atoms with Crippen LogP contribution in [0, 0.1) is 0 Å². The third-order valence-electron chi connectivity index (χ3n) is 4.98. The van der Waals surface area contributed by atoms with E-state index in [4.69, 9.17) is 23.7 Å². The molecule has 28 heavy (non-hydrogen) atoms. The van der Waals surface area contributed by atoms with Gasteiger partial charge in [0.2, 0.25) is 0 Å². The highest BCUT2D eigenvalue weighted by atomic mass is 32.1. The quantitative estimate of drug-likeness (QED) is 0.614. The van der Waals surface area contributed by atoms with Gasteiger partial charge >= 0.3 is 0 Å². The Morgan fingerprint density at radius 2 is 1.54 bits per heavy atom. The number of ether oxygens (including phenoxy) is 5. The van der Waals surface area contributed by atoms with E-state index in [0.29, 0.717) is 12.4 Å². The smallest absolute Gasteiger partial charge is 0.131 e. The molecule has 0 saturated carbocycles. The molecule has 0 spiro atoms. The minimum atomic E-state index is -0.0887. The van der Waals surface area contributed by atoms with E-state index in [-0.39, 0.29) is 5.92 Å². The molecule has 1 aromatic heterocycles. The Labute approximate surface area is 168 Å². The van der Waals surface area contributed by atoms with E-state index >= 15 is 0 Å². The third kappa shape index (κ3) is 3.03. The molecule has 4 rings (SSSR count).